The summed E-state index contributed by atoms with van der Waals surface area (Å²) in [5.74, 6) is 0.172. The van der Waals surface area contributed by atoms with Gasteiger partial charge in [-0.3, -0.25) is 14.5 Å². The van der Waals surface area contributed by atoms with Gasteiger partial charge in [0, 0.05) is 10.7 Å². The van der Waals surface area contributed by atoms with E-state index in [0.717, 1.165) is 15.6 Å². The van der Waals surface area contributed by atoms with Crippen LogP contribution in [-0.4, -0.2) is 10.9 Å². The van der Waals surface area contributed by atoms with Crippen LogP contribution in [0.2, 0.25) is 0 Å². The van der Waals surface area contributed by atoms with Gasteiger partial charge < -0.3 is 4.42 Å². The van der Waals surface area contributed by atoms with Gasteiger partial charge in [0.15, 0.2) is 5.43 Å². The van der Waals surface area contributed by atoms with E-state index in [4.69, 9.17) is 4.42 Å². The lowest BCUT2D eigenvalue weighted by atomic mass is 9.98. The van der Waals surface area contributed by atoms with E-state index in [1.165, 1.54) is 4.90 Å². The third-order valence-electron chi connectivity index (χ3n) is 5.08. The second kappa shape index (κ2) is 6.67. The number of aromatic nitrogens is 1. The van der Waals surface area contributed by atoms with Gasteiger partial charge >= 0.3 is 0 Å². The highest BCUT2D eigenvalue weighted by molar-refractivity contribution is 9.10. The topological polar surface area (TPSA) is 63.4 Å². The van der Waals surface area contributed by atoms with Crippen LogP contribution in [0.3, 0.4) is 0 Å². The summed E-state index contributed by atoms with van der Waals surface area (Å²) < 4.78 is 6.78. The zero-order valence-electron chi connectivity index (χ0n) is 15.4. The Labute approximate surface area is 174 Å². The van der Waals surface area contributed by atoms with Crippen LogP contribution in [0, 0.1) is 6.92 Å². The van der Waals surface area contributed by atoms with E-state index in [0.29, 0.717) is 22.4 Å². The number of para-hydroxylation sites is 1. The van der Waals surface area contributed by atoms with Crippen molar-refractivity contribution in [2.24, 2.45) is 0 Å². The molecule has 5 nitrogen and oxygen atoms in total. The molecule has 29 heavy (non-hydrogen) atoms. The number of carbonyl (C=O) groups is 1. The smallest absolute Gasteiger partial charge is 0.296 e. The Morgan fingerprint density at radius 1 is 1.03 bits per heavy atom. The molecule has 142 valence electrons. The summed E-state index contributed by atoms with van der Waals surface area (Å²) in [6.07, 6.45) is 1.70. The molecule has 1 atom stereocenters. The molecular weight excluding hydrogens is 432 g/mol. The van der Waals surface area contributed by atoms with Crippen LogP contribution < -0.4 is 10.3 Å². The minimum atomic E-state index is -0.619. The van der Waals surface area contributed by atoms with E-state index in [1.54, 1.807) is 36.5 Å². The molecule has 0 aliphatic carbocycles. The molecule has 2 aromatic carbocycles. The lowest BCUT2D eigenvalue weighted by molar-refractivity contribution is 0.0970. The van der Waals surface area contributed by atoms with Crippen LogP contribution in [0.1, 0.15) is 33.3 Å². The molecule has 1 amide bonds. The summed E-state index contributed by atoms with van der Waals surface area (Å²) in [7, 11) is 0. The highest BCUT2D eigenvalue weighted by Crippen LogP contribution is 2.40. The first-order chi connectivity index (χ1) is 14.0. The standard InChI is InChI=1S/C23H15BrN2O3/c1-13-9-10-18(25-12-13)26-20(14-5-4-6-15(24)11-14)19-21(27)16-7-2-3-8-17(16)29-22(19)23(26)28/h2-12,20H,1H3. The molecule has 0 fully saturated rings. The molecule has 1 aliphatic heterocycles. The number of nitrogens with zero attached hydrogens (tertiary/aromatic N) is 2. The van der Waals surface area contributed by atoms with E-state index in [-0.39, 0.29) is 17.1 Å². The van der Waals surface area contributed by atoms with Gasteiger partial charge in [-0.25, -0.2) is 4.98 Å². The molecule has 6 heteroatoms. The fourth-order valence-corrected chi connectivity index (χ4v) is 4.17. The molecule has 1 aliphatic rings. The molecule has 0 saturated heterocycles. The van der Waals surface area contributed by atoms with Crippen molar-refractivity contribution in [1.29, 1.82) is 0 Å². The largest absolute Gasteiger partial charge is 0.450 e. The number of carbonyl (C=O) groups excluding carboxylic acids is 1. The SMILES string of the molecule is Cc1ccc(N2C(=O)c3oc4ccccc4c(=O)c3C2c2cccc(Br)c2)nc1. The van der Waals surface area contributed by atoms with Gasteiger partial charge in [-0.1, -0.05) is 46.3 Å². The highest BCUT2D eigenvalue weighted by Gasteiger charge is 2.44. The minimum Gasteiger partial charge on any atom is -0.450 e. The maximum absolute atomic E-state index is 13.4. The van der Waals surface area contributed by atoms with Gasteiger partial charge in [0.1, 0.15) is 11.4 Å². The molecule has 5 rings (SSSR count). The predicted octanol–water partition coefficient (Wildman–Crippen LogP) is 5.01. The summed E-state index contributed by atoms with van der Waals surface area (Å²) in [6.45, 7) is 1.93. The fraction of sp³-hybridized carbons (Fsp3) is 0.0870. The summed E-state index contributed by atoms with van der Waals surface area (Å²) >= 11 is 3.49. The highest BCUT2D eigenvalue weighted by atomic mass is 79.9. The maximum atomic E-state index is 13.4. The zero-order valence-corrected chi connectivity index (χ0v) is 17.0. The van der Waals surface area contributed by atoms with Crippen molar-refractivity contribution in [2.75, 3.05) is 4.90 Å². The molecule has 0 N–H and O–H groups in total. The van der Waals surface area contributed by atoms with E-state index in [9.17, 15) is 9.59 Å². The second-order valence-corrected chi connectivity index (χ2v) is 7.91. The summed E-state index contributed by atoms with van der Waals surface area (Å²) in [6, 6.07) is 17.6. The predicted molar refractivity (Wildman–Crippen MR) is 114 cm³/mol. The Kier molecular flexibility index (Phi) is 4.10. The first-order valence-electron chi connectivity index (χ1n) is 9.12. The third-order valence-corrected chi connectivity index (χ3v) is 5.58. The summed E-state index contributed by atoms with van der Waals surface area (Å²) in [4.78, 5) is 32.8. The first-order valence-corrected chi connectivity index (χ1v) is 9.91. The minimum absolute atomic E-state index is 0.0704. The zero-order chi connectivity index (χ0) is 20.1. The Hall–Kier alpha value is -3.25. The molecular formula is C23H15BrN2O3. The number of pyridine rings is 1. The molecule has 0 saturated carbocycles. The van der Waals surface area contributed by atoms with Gasteiger partial charge in [0.05, 0.1) is 17.0 Å². The average molecular weight is 447 g/mol. The number of halogens is 1. The van der Waals surface area contributed by atoms with E-state index in [2.05, 4.69) is 20.9 Å². The lowest BCUT2D eigenvalue weighted by Crippen LogP contribution is -2.30. The van der Waals surface area contributed by atoms with Crippen molar-refractivity contribution in [3.05, 3.63) is 104 Å². The van der Waals surface area contributed by atoms with Crippen LogP contribution in [0.5, 0.6) is 0 Å². The number of amides is 1. The third kappa shape index (κ3) is 2.79. The first kappa shape index (κ1) is 17.8. The Bertz CT molecular complexity index is 1330. The quantitative estimate of drug-likeness (QED) is 0.434. The molecule has 0 radical (unpaired) electrons. The maximum Gasteiger partial charge on any atom is 0.296 e. The summed E-state index contributed by atoms with van der Waals surface area (Å²) in [5.41, 5.74) is 2.33. The number of fused-ring (bicyclic) bond motifs is 2. The number of anilines is 1. The Morgan fingerprint density at radius 3 is 2.62 bits per heavy atom. The van der Waals surface area contributed by atoms with Gasteiger partial charge in [0.25, 0.3) is 5.91 Å². The van der Waals surface area contributed by atoms with Crippen LogP contribution in [-0.2, 0) is 0 Å². The number of hydrogen-bond acceptors (Lipinski definition) is 4. The normalized spacial score (nSPS) is 15.7. The van der Waals surface area contributed by atoms with E-state index >= 15 is 0 Å². The molecule has 2 aromatic heterocycles. The van der Waals surface area contributed by atoms with Gasteiger partial charge in [-0.05, 0) is 48.4 Å². The second-order valence-electron chi connectivity index (χ2n) is 7.00. The van der Waals surface area contributed by atoms with Crippen molar-refractivity contribution in [3.63, 3.8) is 0 Å². The van der Waals surface area contributed by atoms with Crippen LogP contribution in [0.4, 0.5) is 5.82 Å². The molecule has 1 unspecified atom stereocenters. The lowest BCUT2D eigenvalue weighted by Gasteiger charge is -2.24. The average Bonchev–Trinajstić information content (AvgIpc) is 3.02. The van der Waals surface area contributed by atoms with E-state index < -0.39 is 6.04 Å². The monoisotopic (exact) mass is 446 g/mol. The van der Waals surface area contributed by atoms with Crippen molar-refractivity contribution in [3.8, 4) is 0 Å². The fourth-order valence-electron chi connectivity index (χ4n) is 3.75. The van der Waals surface area contributed by atoms with Crippen LogP contribution in [0.15, 0.2) is 80.5 Å². The number of hydrogen-bond donors (Lipinski definition) is 0. The number of benzene rings is 2. The van der Waals surface area contributed by atoms with Gasteiger partial charge in [-0.2, -0.15) is 0 Å². The Balaban J connectivity index is 1.82. The van der Waals surface area contributed by atoms with Gasteiger partial charge in [-0.15, -0.1) is 0 Å². The Morgan fingerprint density at radius 2 is 1.86 bits per heavy atom. The van der Waals surface area contributed by atoms with Crippen molar-refractivity contribution >= 4 is 38.6 Å². The van der Waals surface area contributed by atoms with Crippen molar-refractivity contribution in [1.82, 2.24) is 4.98 Å². The van der Waals surface area contributed by atoms with Crippen molar-refractivity contribution < 1.29 is 9.21 Å². The van der Waals surface area contributed by atoms with Crippen LogP contribution >= 0.6 is 15.9 Å². The molecule has 0 bridgehead atoms. The number of rotatable bonds is 2. The van der Waals surface area contributed by atoms with E-state index in [1.807, 2.05) is 37.3 Å². The summed E-state index contributed by atoms with van der Waals surface area (Å²) in [5, 5.41) is 0.456. The molecule has 4 aromatic rings. The molecule has 0 spiro atoms. The van der Waals surface area contributed by atoms with Gasteiger partial charge in [0.2, 0.25) is 5.76 Å². The van der Waals surface area contributed by atoms with Crippen LogP contribution in [0.25, 0.3) is 11.0 Å². The molecule has 3 heterocycles. The number of aryl methyl sites for hydroxylation is 1. The van der Waals surface area contributed by atoms with Crippen molar-refractivity contribution in [2.45, 2.75) is 13.0 Å².